The zero-order valence-electron chi connectivity index (χ0n) is 10.5. The minimum absolute atomic E-state index is 0.181. The Bertz CT molecular complexity index is 521. The fourth-order valence-corrected chi connectivity index (χ4v) is 1.36. The lowest BCUT2D eigenvalue weighted by molar-refractivity contribution is -0.145. The third kappa shape index (κ3) is 3.19. The van der Waals surface area contributed by atoms with Crippen LogP contribution in [0.5, 0.6) is 0 Å². The number of hydrogen-bond acceptors (Lipinski definition) is 3. The summed E-state index contributed by atoms with van der Waals surface area (Å²) in [6.07, 6.45) is 1.48. The SMILES string of the molecule is CC(C(=O)O)C(C)C(=O)Nc1ccc(=O)n(C)c1. The van der Waals surface area contributed by atoms with Crippen LogP contribution < -0.4 is 10.9 Å². The summed E-state index contributed by atoms with van der Waals surface area (Å²) >= 11 is 0. The Kier molecular flexibility index (Phi) is 4.25. The smallest absolute Gasteiger partial charge is 0.307 e. The van der Waals surface area contributed by atoms with Gasteiger partial charge >= 0.3 is 5.97 Å². The lowest BCUT2D eigenvalue weighted by Gasteiger charge is -2.15. The van der Waals surface area contributed by atoms with E-state index in [2.05, 4.69) is 5.32 Å². The molecule has 98 valence electrons. The summed E-state index contributed by atoms with van der Waals surface area (Å²) in [4.78, 5) is 33.7. The van der Waals surface area contributed by atoms with E-state index < -0.39 is 17.8 Å². The lowest BCUT2D eigenvalue weighted by Crippen LogP contribution is -2.30. The third-order valence-electron chi connectivity index (χ3n) is 2.91. The summed E-state index contributed by atoms with van der Waals surface area (Å²) in [6.45, 7) is 3.03. The second-order valence-electron chi connectivity index (χ2n) is 4.27. The Morgan fingerprint density at radius 1 is 1.28 bits per heavy atom. The number of amides is 1. The van der Waals surface area contributed by atoms with Crippen LogP contribution in [0.4, 0.5) is 5.69 Å². The van der Waals surface area contributed by atoms with Crippen molar-refractivity contribution < 1.29 is 14.7 Å². The van der Waals surface area contributed by atoms with Gasteiger partial charge in [-0.1, -0.05) is 13.8 Å². The quantitative estimate of drug-likeness (QED) is 0.824. The molecule has 0 aromatic carbocycles. The molecule has 1 rings (SSSR count). The van der Waals surface area contributed by atoms with E-state index in [0.717, 1.165) is 0 Å². The highest BCUT2D eigenvalue weighted by Gasteiger charge is 2.25. The number of rotatable bonds is 4. The van der Waals surface area contributed by atoms with Gasteiger partial charge in [0.05, 0.1) is 11.6 Å². The van der Waals surface area contributed by atoms with E-state index >= 15 is 0 Å². The summed E-state index contributed by atoms with van der Waals surface area (Å²) < 4.78 is 1.33. The van der Waals surface area contributed by atoms with Gasteiger partial charge in [0.1, 0.15) is 0 Å². The second kappa shape index (κ2) is 5.48. The first kappa shape index (κ1) is 14.0. The molecule has 0 aliphatic rings. The molecule has 2 unspecified atom stereocenters. The maximum absolute atomic E-state index is 11.8. The highest BCUT2D eigenvalue weighted by atomic mass is 16.4. The molecule has 0 aliphatic carbocycles. The van der Waals surface area contributed by atoms with Gasteiger partial charge in [-0.25, -0.2) is 0 Å². The van der Waals surface area contributed by atoms with Gasteiger partial charge in [-0.15, -0.1) is 0 Å². The molecule has 0 aliphatic heterocycles. The Hall–Kier alpha value is -2.11. The van der Waals surface area contributed by atoms with Gasteiger partial charge in [0, 0.05) is 25.2 Å². The van der Waals surface area contributed by atoms with Crippen molar-refractivity contribution in [3.05, 3.63) is 28.7 Å². The standard InChI is InChI=1S/C12H16N2O4/c1-7(8(2)12(17)18)11(16)13-9-4-5-10(15)14(3)6-9/h4-8H,1-3H3,(H,13,16)(H,17,18). The first-order chi connectivity index (χ1) is 8.32. The molecule has 1 amide bonds. The van der Waals surface area contributed by atoms with Crippen LogP contribution in [0, 0.1) is 11.8 Å². The summed E-state index contributed by atoms with van der Waals surface area (Å²) in [5, 5.41) is 11.4. The van der Waals surface area contributed by atoms with Crippen molar-refractivity contribution in [3.63, 3.8) is 0 Å². The van der Waals surface area contributed by atoms with Crippen molar-refractivity contribution in [2.45, 2.75) is 13.8 Å². The van der Waals surface area contributed by atoms with Crippen LogP contribution in [-0.2, 0) is 16.6 Å². The molecule has 2 N–H and O–H groups in total. The van der Waals surface area contributed by atoms with Crippen molar-refractivity contribution >= 4 is 17.6 Å². The van der Waals surface area contributed by atoms with Crippen molar-refractivity contribution in [1.82, 2.24) is 4.57 Å². The van der Waals surface area contributed by atoms with Crippen molar-refractivity contribution in [2.75, 3.05) is 5.32 Å². The fourth-order valence-electron chi connectivity index (χ4n) is 1.36. The Balaban J connectivity index is 2.78. The highest BCUT2D eigenvalue weighted by Crippen LogP contribution is 2.14. The maximum Gasteiger partial charge on any atom is 0.307 e. The number of aromatic nitrogens is 1. The Morgan fingerprint density at radius 3 is 2.39 bits per heavy atom. The number of nitrogens with one attached hydrogen (secondary N) is 1. The van der Waals surface area contributed by atoms with E-state index in [1.165, 1.54) is 29.8 Å². The molecule has 0 saturated carbocycles. The van der Waals surface area contributed by atoms with Crippen LogP contribution >= 0.6 is 0 Å². The van der Waals surface area contributed by atoms with Crippen LogP contribution in [-0.4, -0.2) is 21.6 Å². The molecule has 18 heavy (non-hydrogen) atoms. The summed E-state index contributed by atoms with van der Waals surface area (Å²) in [6, 6.07) is 2.82. The molecule has 0 bridgehead atoms. The van der Waals surface area contributed by atoms with E-state index in [-0.39, 0.29) is 11.5 Å². The lowest BCUT2D eigenvalue weighted by atomic mass is 9.95. The van der Waals surface area contributed by atoms with Gasteiger partial charge < -0.3 is 15.0 Å². The van der Waals surface area contributed by atoms with Gasteiger partial charge in [-0.3, -0.25) is 14.4 Å². The van der Waals surface area contributed by atoms with E-state index in [9.17, 15) is 14.4 Å². The number of carbonyl (C=O) groups excluding carboxylic acids is 1. The van der Waals surface area contributed by atoms with Crippen LogP contribution in [0.25, 0.3) is 0 Å². The number of nitrogens with zero attached hydrogens (tertiary/aromatic N) is 1. The minimum atomic E-state index is -1.02. The van der Waals surface area contributed by atoms with Crippen LogP contribution in [0.3, 0.4) is 0 Å². The van der Waals surface area contributed by atoms with E-state index in [4.69, 9.17) is 5.11 Å². The molecule has 1 aromatic rings. The minimum Gasteiger partial charge on any atom is -0.481 e. The normalized spacial score (nSPS) is 13.7. The molecule has 0 radical (unpaired) electrons. The molecular formula is C12H16N2O4. The summed E-state index contributed by atoms with van der Waals surface area (Å²) in [7, 11) is 1.57. The highest BCUT2D eigenvalue weighted by molar-refractivity contribution is 5.94. The fraction of sp³-hybridized carbons (Fsp3) is 0.417. The number of hydrogen-bond donors (Lipinski definition) is 2. The zero-order chi connectivity index (χ0) is 13.9. The van der Waals surface area contributed by atoms with E-state index in [1.54, 1.807) is 14.0 Å². The molecule has 2 atom stereocenters. The van der Waals surface area contributed by atoms with Gasteiger partial charge in [-0.05, 0) is 6.07 Å². The van der Waals surface area contributed by atoms with Crippen LogP contribution in [0.15, 0.2) is 23.1 Å². The number of anilines is 1. The summed E-state index contributed by atoms with van der Waals surface area (Å²) in [5.41, 5.74) is 0.284. The number of carbonyl (C=O) groups is 2. The largest absolute Gasteiger partial charge is 0.481 e. The number of carboxylic acid groups (broad SMARTS) is 1. The van der Waals surface area contributed by atoms with Gasteiger partial charge in [0.2, 0.25) is 11.5 Å². The first-order valence-electron chi connectivity index (χ1n) is 5.53. The molecule has 0 spiro atoms. The van der Waals surface area contributed by atoms with Crippen molar-refractivity contribution in [1.29, 1.82) is 0 Å². The predicted octanol–water partition coefficient (Wildman–Crippen LogP) is 0.681. The number of aliphatic carboxylic acids is 1. The molecule has 1 heterocycles. The monoisotopic (exact) mass is 252 g/mol. The average Bonchev–Trinajstić information content (AvgIpc) is 2.31. The number of carboxylic acids is 1. The molecule has 6 heteroatoms. The van der Waals surface area contributed by atoms with Gasteiger partial charge in [0.25, 0.3) is 0 Å². The predicted molar refractivity (Wildman–Crippen MR) is 66.3 cm³/mol. The third-order valence-corrected chi connectivity index (χ3v) is 2.91. The first-order valence-corrected chi connectivity index (χ1v) is 5.53. The van der Waals surface area contributed by atoms with Crippen molar-refractivity contribution in [2.24, 2.45) is 18.9 Å². The van der Waals surface area contributed by atoms with Gasteiger partial charge in [0.15, 0.2) is 0 Å². The van der Waals surface area contributed by atoms with Crippen LogP contribution in [0.1, 0.15) is 13.8 Å². The maximum atomic E-state index is 11.8. The summed E-state index contributed by atoms with van der Waals surface area (Å²) in [5.74, 6) is -2.82. The van der Waals surface area contributed by atoms with E-state index in [0.29, 0.717) is 5.69 Å². The second-order valence-corrected chi connectivity index (χ2v) is 4.27. The Morgan fingerprint density at radius 2 is 1.89 bits per heavy atom. The topological polar surface area (TPSA) is 88.4 Å². The average molecular weight is 252 g/mol. The molecular weight excluding hydrogens is 236 g/mol. The molecule has 0 saturated heterocycles. The zero-order valence-corrected chi connectivity index (χ0v) is 10.5. The molecule has 0 fully saturated rings. The number of pyridine rings is 1. The van der Waals surface area contributed by atoms with Gasteiger partial charge in [-0.2, -0.15) is 0 Å². The molecule has 1 aromatic heterocycles. The number of aryl methyl sites for hydroxylation is 1. The van der Waals surface area contributed by atoms with Crippen LogP contribution in [0.2, 0.25) is 0 Å². The van der Waals surface area contributed by atoms with E-state index in [1.807, 2.05) is 0 Å². The van der Waals surface area contributed by atoms with Crippen molar-refractivity contribution in [3.8, 4) is 0 Å². The Labute approximate surface area is 104 Å². The molecule has 6 nitrogen and oxygen atoms in total.